The van der Waals surface area contributed by atoms with Gasteiger partial charge in [-0.3, -0.25) is 14.5 Å². The van der Waals surface area contributed by atoms with Crippen LogP contribution in [-0.2, 0) is 9.59 Å². The van der Waals surface area contributed by atoms with Gasteiger partial charge < -0.3 is 0 Å². The standard InChI is InChI=1S/C19H19NO2/c1-19(2,20(3)4)18(22)15-10-9-14-13-8-6-5-7-12(13)11-16(14)17(15)21/h5-11H,1-4H3. The zero-order valence-corrected chi connectivity index (χ0v) is 13.3. The smallest absolute Gasteiger partial charge is 0.197 e. The Bertz CT molecular complexity index is 776. The molecule has 0 spiro atoms. The molecule has 0 heterocycles. The molecule has 112 valence electrons. The van der Waals surface area contributed by atoms with Crippen molar-refractivity contribution >= 4 is 23.2 Å². The fourth-order valence-electron chi connectivity index (χ4n) is 2.71. The van der Waals surface area contributed by atoms with Crippen molar-refractivity contribution < 1.29 is 9.59 Å². The highest BCUT2D eigenvalue weighted by Gasteiger charge is 2.38. The van der Waals surface area contributed by atoms with Gasteiger partial charge in [0.1, 0.15) is 0 Å². The lowest BCUT2D eigenvalue weighted by Gasteiger charge is -2.32. The summed E-state index contributed by atoms with van der Waals surface area (Å²) in [5.74, 6) is -0.316. The number of benzene rings is 1. The summed E-state index contributed by atoms with van der Waals surface area (Å²) in [6.45, 7) is 3.67. The lowest BCUT2D eigenvalue weighted by Crippen LogP contribution is -2.47. The first-order valence-electron chi connectivity index (χ1n) is 7.34. The van der Waals surface area contributed by atoms with Gasteiger partial charge in [0, 0.05) is 5.57 Å². The summed E-state index contributed by atoms with van der Waals surface area (Å²) in [6.07, 6.45) is 5.44. The molecule has 2 aliphatic rings. The van der Waals surface area contributed by atoms with Gasteiger partial charge in [-0.1, -0.05) is 30.3 Å². The number of allylic oxidation sites excluding steroid dienone is 4. The van der Waals surface area contributed by atoms with Crippen molar-refractivity contribution in [2.24, 2.45) is 0 Å². The van der Waals surface area contributed by atoms with E-state index in [0.29, 0.717) is 5.57 Å². The molecule has 3 heteroatoms. The quantitative estimate of drug-likeness (QED) is 0.804. The van der Waals surface area contributed by atoms with Crippen molar-refractivity contribution in [3.8, 4) is 0 Å². The first-order chi connectivity index (χ1) is 10.3. The highest BCUT2D eigenvalue weighted by molar-refractivity contribution is 6.36. The molecule has 0 saturated carbocycles. The van der Waals surface area contributed by atoms with Crippen molar-refractivity contribution in [1.29, 1.82) is 0 Å². The van der Waals surface area contributed by atoms with Crippen LogP contribution >= 0.6 is 0 Å². The SMILES string of the molecule is CN(C)C(C)(C)C(=O)C1=CC=C2C(=Cc3ccccc32)C1=O. The van der Waals surface area contributed by atoms with Crippen molar-refractivity contribution in [3.63, 3.8) is 0 Å². The van der Waals surface area contributed by atoms with Crippen LogP contribution in [0.5, 0.6) is 0 Å². The van der Waals surface area contributed by atoms with Crippen molar-refractivity contribution in [3.05, 3.63) is 58.7 Å². The first-order valence-corrected chi connectivity index (χ1v) is 7.34. The Morgan fingerprint density at radius 1 is 1.05 bits per heavy atom. The molecule has 0 unspecified atom stereocenters. The summed E-state index contributed by atoms with van der Waals surface area (Å²) in [5.41, 5.74) is 3.19. The summed E-state index contributed by atoms with van der Waals surface area (Å²) >= 11 is 0. The topological polar surface area (TPSA) is 37.4 Å². The van der Waals surface area contributed by atoms with E-state index in [1.165, 1.54) is 0 Å². The molecule has 22 heavy (non-hydrogen) atoms. The minimum Gasteiger partial charge on any atom is -0.297 e. The predicted octanol–water partition coefficient (Wildman–Crippen LogP) is 2.89. The maximum atomic E-state index is 12.8. The molecule has 0 bridgehead atoms. The third kappa shape index (κ3) is 2.01. The molecular weight excluding hydrogens is 274 g/mol. The van der Waals surface area contributed by atoms with E-state index in [2.05, 4.69) is 0 Å². The van der Waals surface area contributed by atoms with Gasteiger partial charge in [-0.25, -0.2) is 0 Å². The molecule has 0 aliphatic heterocycles. The molecule has 0 N–H and O–H groups in total. The minimum absolute atomic E-state index is 0.144. The molecule has 1 aromatic carbocycles. The van der Waals surface area contributed by atoms with Gasteiger partial charge in [0.25, 0.3) is 0 Å². The molecular formula is C19H19NO2. The van der Waals surface area contributed by atoms with Gasteiger partial charge in [0.05, 0.1) is 11.1 Å². The molecule has 3 nitrogen and oxygen atoms in total. The average Bonchev–Trinajstić information content (AvgIpc) is 2.86. The number of likely N-dealkylation sites (N-methyl/N-ethyl adjacent to an activating group) is 1. The van der Waals surface area contributed by atoms with Gasteiger partial charge in [-0.05, 0) is 56.8 Å². The lowest BCUT2D eigenvalue weighted by atomic mass is 9.83. The highest BCUT2D eigenvalue weighted by atomic mass is 16.2. The number of carbonyl (C=O) groups is 2. The Hall–Kier alpha value is -2.26. The zero-order chi connectivity index (χ0) is 16.1. The largest absolute Gasteiger partial charge is 0.297 e. The summed E-state index contributed by atoms with van der Waals surface area (Å²) in [7, 11) is 3.69. The van der Waals surface area contributed by atoms with E-state index in [4.69, 9.17) is 0 Å². The normalized spacial score (nSPS) is 16.8. The summed E-state index contributed by atoms with van der Waals surface area (Å²) in [4.78, 5) is 27.3. The third-order valence-corrected chi connectivity index (χ3v) is 4.67. The zero-order valence-electron chi connectivity index (χ0n) is 13.3. The highest BCUT2D eigenvalue weighted by Crippen LogP contribution is 2.39. The average molecular weight is 293 g/mol. The fraction of sp³-hybridized carbons (Fsp3) is 0.263. The number of hydrogen-bond acceptors (Lipinski definition) is 3. The van der Waals surface area contributed by atoms with Crippen LogP contribution < -0.4 is 0 Å². The van der Waals surface area contributed by atoms with Gasteiger partial charge in [0.15, 0.2) is 11.6 Å². The number of hydrogen-bond donors (Lipinski definition) is 0. The molecule has 0 atom stereocenters. The van der Waals surface area contributed by atoms with Crippen LogP contribution in [0.15, 0.2) is 47.6 Å². The maximum Gasteiger partial charge on any atom is 0.197 e. The van der Waals surface area contributed by atoms with E-state index in [1.807, 2.05) is 69.3 Å². The van der Waals surface area contributed by atoms with E-state index >= 15 is 0 Å². The Morgan fingerprint density at radius 3 is 2.41 bits per heavy atom. The molecule has 3 rings (SSSR count). The maximum absolute atomic E-state index is 12.8. The molecule has 0 radical (unpaired) electrons. The Kier molecular flexibility index (Phi) is 3.26. The van der Waals surface area contributed by atoms with Crippen LogP contribution in [0.2, 0.25) is 0 Å². The van der Waals surface area contributed by atoms with Crippen LogP contribution in [0, 0.1) is 0 Å². The second kappa shape index (κ2) is 4.89. The third-order valence-electron chi connectivity index (χ3n) is 4.67. The fourth-order valence-corrected chi connectivity index (χ4v) is 2.71. The summed E-state index contributed by atoms with van der Waals surface area (Å²) < 4.78 is 0. The Morgan fingerprint density at radius 2 is 1.73 bits per heavy atom. The van der Waals surface area contributed by atoms with Crippen LogP contribution in [-0.4, -0.2) is 36.1 Å². The summed E-state index contributed by atoms with van der Waals surface area (Å²) in [6, 6.07) is 7.90. The predicted molar refractivity (Wildman–Crippen MR) is 88.3 cm³/mol. The van der Waals surface area contributed by atoms with Gasteiger partial charge >= 0.3 is 0 Å². The Labute approximate surface area is 130 Å². The van der Waals surface area contributed by atoms with Crippen molar-refractivity contribution in [2.75, 3.05) is 14.1 Å². The molecule has 1 aromatic rings. The van der Waals surface area contributed by atoms with Crippen molar-refractivity contribution in [1.82, 2.24) is 4.90 Å². The van der Waals surface area contributed by atoms with E-state index < -0.39 is 5.54 Å². The number of fused-ring (bicyclic) bond motifs is 3. The molecule has 2 aliphatic carbocycles. The van der Waals surface area contributed by atoms with E-state index in [0.717, 1.165) is 16.7 Å². The van der Waals surface area contributed by atoms with Crippen LogP contribution in [0.1, 0.15) is 25.0 Å². The number of rotatable bonds is 3. The number of ketones is 2. The van der Waals surface area contributed by atoms with Crippen LogP contribution in [0.25, 0.3) is 11.6 Å². The second-order valence-corrected chi connectivity index (χ2v) is 6.42. The monoisotopic (exact) mass is 293 g/mol. The van der Waals surface area contributed by atoms with Crippen LogP contribution in [0.3, 0.4) is 0 Å². The van der Waals surface area contributed by atoms with E-state index in [-0.39, 0.29) is 17.1 Å². The first kappa shape index (κ1) is 14.7. The van der Waals surface area contributed by atoms with Crippen molar-refractivity contribution in [2.45, 2.75) is 19.4 Å². The second-order valence-electron chi connectivity index (χ2n) is 6.42. The number of carbonyl (C=O) groups excluding carboxylic acids is 2. The summed E-state index contributed by atoms with van der Waals surface area (Å²) in [5, 5.41) is 0. The van der Waals surface area contributed by atoms with E-state index in [9.17, 15) is 9.59 Å². The van der Waals surface area contributed by atoms with Crippen LogP contribution in [0.4, 0.5) is 0 Å². The molecule has 0 aromatic heterocycles. The van der Waals surface area contributed by atoms with Gasteiger partial charge in [0.2, 0.25) is 0 Å². The number of nitrogens with zero attached hydrogens (tertiary/aromatic N) is 1. The lowest BCUT2D eigenvalue weighted by molar-refractivity contribution is -0.126. The molecule has 0 saturated heterocycles. The molecule has 0 amide bonds. The molecule has 0 fully saturated rings. The van der Waals surface area contributed by atoms with E-state index in [1.54, 1.807) is 6.08 Å². The van der Waals surface area contributed by atoms with Gasteiger partial charge in [-0.15, -0.1) is 0 Å². The van der Waals surface area contributed by atoms with Gasteiger partial charge in [-0.2, -0.15) is 0 Å². The minimum atomic E-state index is -0.709. The number of Topliss-reactive ketones (excluding diaryl/α,β-unsaturated/α-hetero) is 2. The Balaban J connectivity index is 2.04.